The summed E-state index contributed by atoms with van der Waals surface area (Å²) in [4.78, 5) is 26.7. The lowest BCUT2D eigenvalue weighted by Gasteiger charge is -2.25. The highest BCUT2D eigenvalue weighted by Gasteiger charge is 2.22. The molecule has 1 saturated heterocycles. The highest BCUT2D eigenvalue weighted by atomic mass is 32.1. The zero-order chi connectivity index (χ0) is 18.8. The molecule has 0 spiro atoms. The largest absolute Gasteiger partial charge is 0.369 e. The van der Waals surface area contributed by atoms with Crippen molar-refractivity contribution in [2.75, 3.05) is 31.1 Å². The first kappa shape index (κ1) is 17.8. The molecule has 1 aliphatic heterocycles. The molecule has 1 N–H and O–H groups in total. The number of imidazole rings is 1. The number of carbonyl (C=O) groups excluding carboxylic acids is 1. The minimum atomic E-state index is -0.119. The summed E-state index contributed by atoms with van der Waals surface area (Å²) in [5.74, 6) is 0. The second kappa shape index (κ2) is 7.56. The van der Waals surface area contributed by atoms with E-state index >= 15 is 0 Å². The van der Waals surface area contributed by atoms with Crippen molar-refractivity contribution in [2.45, 2.75) is 26.3 Å². The van der Waals surface area contributed by atoms with Gasteiger partial charge in [0.05, 0.1) is 11.7 Å². The quantitative estimate of drug-likeness (QED) is 0.754. The molecule has 3 aromatic heterocycles. The first-order chi connectivity index (χ1) is 13.1. The van der Waals surface area contributed by atoms with Crippen molar-refractivity contribution < 1.29 is 4.79 Å². The predicted molar refractivity (Wildman–Crippen MR) is 107 cm³/mol. The van der Waals surface area contributed by atoms with Crippen molar-refractivity contribution in [1.29, 1.82) is 0 Å². The summed E-state index contributed by atoms with van der Waals surface area (Å²) >= 11 is 1.59. The zero-order valence-electron chi connectivity index (χ0n) is 15.6. The van der Waals surface area contributed by atoms with E-state index in [0.29, 0.717) is 6.54 Å². The van der Waals surface area contributed by atoms with Crippen molar-refractivity contribution in [3.63, 3.8) is 0 Å². The fourth-order valence-corrected chi connectivity index (χ4v) is 4.19. The van der Waals surface area contributed by atoms with Crippen LogP contribution in [-0.2, 0) is 0 Å². The van der Waals surface area contributed by atoms with E-state index in [1.807, 2.05) is 46.4 Å². The van der Waals surface area contributed by atoms with Gasteiger partial charge in [0.15, 0.2) is 4.96 Å². The van der Waals surface area contributed by atoms with Crippen molar-refractivity contribution in [1.82, 2.24) is 24.6 Å². The summed E-state index contributed by atoms with van der Waals surface area (Å²) in [6.45, 7) is 7.30. The third-order valence-electron chi connectivity index (χ3n) is 5.01. The Kier molecular flexibility index (Phi) is 4.98. The lowest BCUT2D eigenvalue weighted by atomic mass is 10.2. The number of hydrogen-bond acceptors (Lipinski definition) is 5. The van der Waals surface area contributed by atoms with Crippen molar-refractivity contribution >= 4 is 28.0 Å². The molecule has 8 heteroatoms. The number of thiazole rings is 1. The molecule has 0 saturated carbocycles. The van der Waals surface area contributed by atoms with Gasteiger partial charge in [-0.15, -0.1) is 11.3 Å². The van der Waals surface area contributed by atoms with E-state index in [1.54, 1.807) is 11.3 Å². The monoisotopic (exact) mass is 384 g/mol. The Bertz CT molecular complexity index is 907. The van der Waals surface area contributed by atoms with E-state index in [9.17, 15) is 4.79 Å². The lowest BCUT2D eigenvalue weighted by molar-refractivity contribution is 0.198. The number of nitrogens with one attached hydrogen (secondary N) is 1. The van der Waals surface area contributed by atoms with Crippen LogP contribution in [0.4, 0.5) is 10.5 Å². The number of hydrogen-bond donors (Lipinski definition) is 1. The number of carbonyl (C=O) groups is 1. The molecule has 1 aliphatic rings. The lowest BCUT2D eigenvalue weighted by Crippen LogP contribution is -2.43. The highest BCUT2D eigenvalue weighted by Crippen LogP contribution is 2.21. The van der Waals surface area contributed by atoms with Crippen LogP contribution in [0.2, 0.25) is 0 Å². The van der Waals surface area contributed by atoms with Gasteiger partial charge in [-0.25, -0.2) is 9.78 Å². The maximum absolute atomic E-state index is 12.8. The molecule has 4 rings (SSSR count). The minimum Gasteiger partial charge on any atom is -0.369 e. The fourth-order valence-electron chi connectivity index (χ4n) is 3.49. The van der Waals surface area contributed by atoms with Gasteiger partial charge in [0.1, 0.15) is 0 Å². The molecule has 0 unspecified atom stereocenters. The molecule has 1 atom stereocenters. The Morgan fingerprint density at radius 3 is 3.00 bits per heavy atom. The smallest absolute Gasteiger partial charge is 0.317 e. The van der Waals surface area contributed by atoms with Gasteiger partial charge >= 0.3 is 6.03 Å². The van der Waals surface area contributed by atoms with Crippen LogP contribution in [0.5, 0.6) is 0 Å². The van der Waals surface area contributed by atoms with E-state index in [1.165, 1.54) is 11.3 Å². The molecular formula is C19H24N6OS. The Hall–Kier alpha value is -2.61. The maximum atomic E-state index is 12.8. The molecule has 0 aromatic carbocycles. The number of nitrogens with zero attached hydrogens (tertiary/aromatic N) is 5. The topological polar surface area (TPSA) is 65.8 Å². The molecule has 0 radical (unpaired) electrons. The van der Waals surface area contributed by atoms with Gasteiger partial charge in [0.25, 0.3) is 0 Å². The Balaban J connectivity index is 1.37. The maximum Gasteiger partial charge on any atom is 0.317 e. The summed E-state index contributed by atoms with van der Waals surface area (Å²) in [5.41, 5.74) is 3.27. The van der Waals surface area contributed by atoms with Crippen molar-refractivity contribution in [3.05, 3.63) is 47.5 Å². The third-order valence-corrected chi connectivity index (χ3v) is 5.78. The Morgan fingerprint density at radius 1 is 1.30 bits per heavy atom. The molecule has 0 bridgehead atoms. The molecular weight excluding hydrogens is 360 g/mol. The Morgan fingerprint density at radius 2 is 2.19 bits per heavy atom. The van der Waals surface area contributed by atoms with E-state index in [0.717, 1.165) is 36.7 Å². The van der Waals surface area contributed by atoms with Crippen LogP contribution < -0.4 is 10.2 Å². The summed E-state index contributed by atoms with van der Waals surface area (Å²) in [6, 6.07) is 1.91. The summed E-state index contributed by atoms with van der Waals surface area (Å²) in [6.07, 6.45) is 8.63. The van der Waals surface area contributed by atoms with Gasteiger partial charge in [0, 0.05) is 62.0 Å². The number of anilines is 1. The number of amides is 2. The molecule has 27 heavy (non-hydrogen) atoms. The summed E-state index contributed by atoms with van der Waals surface area (Å²) < 4.78 is 1.99. The number of fused-ring (bicyclic) bond motifs is 1. The standard InChI is InChI=1S/C19H24N6OS/c1-14-12-20-5-4-17(14)23-6-3-7-24(9-8-23)18(26)21-15(2)16-13-25-10-11-27-19(25)22-16/h4-5,10-13,15H,3,6-9H2,1-2H3,(H,21,26)/t15-/m1/s1. The third kappa shape index (κ3) is 3.75. The minimum absolute atomic E-state index is 0.0212. The van der Waals surface area contributed by atoms with Crippen LogP contribution in [-0.4, -0.2) is 51.5 Å². The normalized spacial score (nSPS) is 16.4. The number of aromatic nitrogens is 3. The van der Waals surface area contributed by atoms with Crippen LogP contribution >= 0.6 is 11.3 Å². The summed E-state index contributed by atoms with van der Waals surface area (Å²) in [7, 11) is 0. The van der Waals surface area contributed by atoms with E-state index < -0.39 is 0 Å². The molecule has 1 fully saturated rings. The number of urea groups is 1. The van der Waals surface area contributed by atoms with E-state index in [-0.39, 0.29) is 12.1 Å². The van der Waals surface area contributed by atoms with Gasteiger partial charge < -0.3 is 15.1 Å². The SMILES string of the molecule is Cc1cnccc1N1CCCN(C(=O)N[C@H](C)c2cn3ccsc3n2)CC1. The number of aryl methyl sites for hydroxylation is 1. The molecule has 142 valence electrons. The van der Waals surface area contributed by atoms with Gasteiger partial charge in [-0.2, -0.15) is 0 Å². The number of rotatable bonds is 3. The van der Waals surface area contributed by atoms with Crippen molar-refractivity contribution in [3.8, 4) is 0 Å². The van der Waals surface area contributed by atoms with Gasteiger partial charge in [0.2, 0.25) is 0 Å². The number of pyridine rings is 1. The predicted octanol–water partition coefficient (Wildman–Crippen LogP) is 3.08. The molecule has 2 amide bonds. The first-order valence-electron chi connectivity index (χ1n) is 9.25. The van der Waals surface area contributed by atoms with Crippen LogP contribution in [0.15, 0.2) is 36.2 Å². The second-order valence-corrected chi connectivity index (χ2v) is 7.79. The average molecular weight is 385 g/mol. The van der Waals surface area contributed by atoms with Crippen LogP contribution in [0.3, 0.4) is 0 Å². The van der Waals surface area contributed by atoms with Crippen LogP contribution in [0.1, 0.15) is 30.6 Å². The molecule has 0 aliphatic carbocycles. The van der Waals surface area contributed by atoms with E-state index in [4.69, 9.17) is 0 Å². The summed E-state index contributed by atoms with van der Waals surface area (Å²) in [5, 5.41) is 5.10. The molecule has 3 aromatic rings. The first-order valence-corrected chi connectivity index (χ1v) is 10.1. The van der Waals surface area contributed by atoms with Gasteiger partial charge in [-0.1, -0.05) is 0 Å². The van der Waals surface area contributed by atoms with Crippen molar-refractivity contribution in [2.24, 2.45) is 0 Å². The van der Waals surface area contributed by atoms with Crippen LogP contribution in [0.25, 0.3) is 4.96 Å². The van der Waals surface area contributed by atoms with E-state index in [2.05, 4.69) is 33.2 Å². The highest BCUT2D eigenvalue weighted by molar-refractivity contribution is 7.15. The second-order valence-electron chi connectivity index (χ2n) is 6.92. The average Bonchev–Trinajstić information content (AvgIpc) is 3.17. The molecule has 4 heterocycles. The van der Waals surface area contributed by atoms with Crippen LogP contribution in [0, 0.1) is 6.92 Å². The van der Waals surface area contributed by atoms with Gasteiger partial charge in [-0.05, 0) is 31.9 Å². The fraction of sp³-hybridized carbons (Fsp3) is 0.421. The Labute approximate surface area is 162 Å². The van der Waals surface area contributed by atoms with Gasteiger partial charge in [-0.3, -0.25) is 9.38 Å². The molecule has 7 nitrogen and oxygen atoms in total. The zero-order valence-corrected chi connectivity index (χ0v) is 16.4.